The number of nitrogens with one attached hydrogen (secondary N) is 1. The van der Waals surface area contributed by atoms with Crippen LogP contribution in [0.2, 0.25) is 0 Å². The topological polar surface area (TPSA) is 104 Å². The number of carbonyl (C=O) groups is 2. The van der Waals surface area contributed by atoms with Gasteiger partial charge in [-0.2, -0.15) is 15.4 Å². The number of nitrogens with zero attached hydrogens (tertiary/aromatic N) is 3. The lowest BCUT2D eigenvalue weighted by atomic mass is 9.95. The number of hydrogen-bond acceptors (Lipinski definition) is 6. The molecule has 0 bridgehead atoms. The van der Waals surface area contributed by atoms with Gasteiger partial charge < -0.3 is 14.8 Å². The highest BCUT2D eigenvalue weighted by Crippen LogP contribution is 2.31. The van der Waals surface area contributed by atoms with Crippen LogP contribution in [-0.4, -0.2) is 37.3 Å². The molecule has 8 heteroatoms. The van der Waals surface area contributed by atoms with Gasteiger partial charge in [0.25, 0.3) is 11.8 Å². The first-order valence-electron chi connectivity index (χ1n) is 11.7. The summed E-state index contributed by atoms with van der Waals surface area (Å²) in [5.74, 6) is 0.520. The Bertz CT molecular complexity index is 1200. The fraction of sp³-hybridized carbons (Fsp3) is 0.333. The third kappa shape index (κ3) is 5.69. The van der Waals surface area contributed by atoms with E-state index in [2.05, 4.69) is 16.5 Å². The van der Waals surface area contributed by atoms with Crippen molar-refractivity contribution in [1.29, 1.82) is 5.26 Å². The number of rotatable bonds is 7. The van der Waals surface area contributed by atoms with Gasteiger partial charge in [0.1, 0.15) is 0 Å². The van der Waals surface area contributed by atoms with E-state index < -0.39 is 0 Å². The van der Waals surface area contributed by atoms with E-state index in [1.54, 1.807) is 55.5 Å². The van der Waals surface area contributed by atoms with Crippen LogP contribution in [0, 0.1) is 11.3 Å². The van der Waals surface area contributed by atoms with E-state index in [4.69, 9.17) is 14.7 Å². The summed E-state index contributed by atoms with van der Waals surface area (Å²) in [6, 6.07) is 14.2. The monoisotopic (exact) mass is 472 g/mol. The van der Waals surface area contributed by atoms with E-state index in [1.165, 1.54) is 18.5 Å². The molecule has 180 valence electrons. The zero-order valence-electron chi connectivity index (χ0n) is 19.9. The highest BCUT2D eigenvalue weighted by atomic mass is 16.5. The summed E-state index contributed by atoms with van der Waals surface area (Å²) in [4.78, 5) is 25.3. The molecular weight excluding hydrogens is 444 g/mol. The Labute approximate surface area is 204 Å². The molecule has 35 heavy (non-hydrogen) atoms. The molecule has 2 aromatic rings. The van der Waals surface area contributed by atoms with Crippen LogP contribution in [0.15, 0.2) is 53.1 Å². The molecule has 0 radical (unpaired) electrons. The molecule has 0 unspecified atom stereocenters. The van der Waals surface area contributed by atoms with Crippen LogP contribution in [0.25, 0.3) is 6.08 Å². The molecule has 0 atom stereocenters. The Morgan fingerprint density at radius 2 is 1.91 bits per heavy atom. The van der Waals surface area contributed by atoms with Gasteiger partial charge in [-0.1, -0.05) is 25.3 Å². The van der Waals surface area contributed by atoms with Crippen molar-refractivity contribution in [1.82, 2.24) is 5.32 Å². The zero-order valence-corrected chi connectivity index (χ0v) is 19.9. The van der Waals surface area contributed by atoms with E-state index >= 15 is 0 Å². The van der Waals surface area contributed by atoms with Crippen molar-refractivity contribution in [2.75, 3.05) is 18.7 Å². The van der Waals surface area contributed by atoms with Crippen molar-refractivity contribution in [3.8, 4) is 17.6 Å². The van der Waals surface area contributed by atoms with Crippen LogP contribution in [0.4, 0.5) is 5.69 Å². The third-order valence-corrected chi connectivity index (χ3v) is 6.13. The Hall–Kier alpha value is -4.12. The van der Waals surface area contributed by atoms with Gasteiger partial charge in [-0.15, -0.1) is 0 Å². The Morgan fingerprint density at radius 1 is 1.17 bits per heavy atom. The minimum absolute atomic E-state index is 0.0862. The molecule has 0 saturated heterocycles. The van der Waals surface area contributed by atoms with Gasteiger partial charge in [0.05, 0.1) is 35.7 Å². The summed E-state index contributed by atoms with van der Waals surface area (Å²) in [6.45, 7) is 1.68. The molecule has 2 aromatic carbocycles. The molecule has 1 heterocycles. The average molecular weight is 473 g/mol. The molecule has 2 amide bonds. The van der Waals surface area contributed by atoms with Crippen LogP contribution in [0.3, 0.4) is 0 Å². The van der Waals surface area contributed by atoms with Gasteiger partial charge in [-0.05, 0) is 67.8 Å². The summed E-state index contributed by atoms with van der Waals surface area (Å²) in [5.41, 5.74) is 2.87. The lowest BCUT2D eigenvalue weighted by Crippen LogP contribution is -2.39. The number of nitriles is 1. The zero-order chi connectivity index (χ0) is 24.8. The Morgan fingerprint density at radius 3 is 2.60 bits per heavy atom. The molecular formula is C27H28N4O4. The quantitative estimate of drug-likeness (QED) is 0.608. The maximum absolute atomic E-state index is 13.0. The second-order valence-electron chi connectivity index (χ2n) is 8.62. The normalized spacial score (nSPS) is 17.2. The Kier molecular flexibility index (Phi) is 7.46. The number of hydrazone groups is 1. The Balaban J connectivity index is 1.44. The minimum atomic E-state index is -0.258. The number of hydrogen-bond donors (Lipinski definition) is 1. The van der Waals surface area contributed by atoms with Crippen LogP contribution in [0.1, 0.15) is 50.2 Å². The molecule has 1 fully saturated rings. The van der Waals surface area contributed by atoms with Crippen molar-refractivity contribution in [3.05, 3.63) is 59.2 Å². The molecule has 1 N–H and O–H groups in total. The SMILES string of the molecule is COc1cc(C=C2C(=O)N(c3ccc(C#N)cc3)N=C2C)ccc1OCC(=O)NC1CCCCC1. The molecule has 1 saturated carbocycles. The van der Waals surface area contributed by atoms with Gasteiger partial charge >= 0.3 is 0 Å². The van der Waals surface area contributed by atoms with Crippen LogP contribution in [-0.2, 0) is 9.59 Å². The maximum Gasteiger partial charge on any atom is 0.280 e. The van der Waals surface area contributed by atoms with Gasteiger partial charge in [-0.25, -0.2) is 0 Å². The van der Waals surface area contributed by atoms with E-state index in [1.807, 2.05) is 0 Å². The smallest absolute Gasteiger partial charge is 0.280 e. The largest absolute Gasteiger partial charge is 0.493 e. The third-order valence-electron chi connectivity index (χ3n) is 6.13. The van der Waals surface area contributed by atoms with Crippen LogP contribution >= 0.6 is 0 Å². The second-order valence-corrected chi connectivity index (χ2v) is 8.62. The van der Waals surface area contributed by atoms with Gasteiger partial charge in [-0.3, -0.25) is 9.59 Å². The van der Waals surface area contributed by atoms with E-state index in [0.717, 1.165) is 31.2 Å². The highest BCUT2D eigenvalue weighted by molar-refractivity contribution is 6.32. The van der Waals surface area contributed by atoms with E-state index in [9.17, 15) is 9.59 Å². The first-order chi connectivity index (χ1) is 17.0. The molecule has 8 nitrogen and oxygen atoms in total. The molecule has 0 aromatic heterocycles. The highest BCUT2D eigenvalue weighted by Gasteiger charge is 2.28. The number of carbonyl (C=O) groups excluding carboxylic acids is 2. The minimum Gasteiger partial charge on any atom is -0.493 e. The molecule has 4 rings (SSSR count). The predicted octanol–water partition coefficient (Wildman–Crippen LogP) is 4.20. The van der Waals surface area contributed by atoms with Crippen LogP contribution in [0.5, 0.6) is 11.5 Å². The van der Waals surface area contributed by atoms with E-state index in [-0.39, 0.29) is 24.5 Å². The summed E-state index contributed by atoms with van der Waals surface area (Å²) >= 11 is 0. The first-order valence-corrected chi connectivity index (χ1v) is 11.7. The molecule has 0 spiro atoms. The molecule has 1 aliphatic heterocycles. The maximum atomic E-state index is 13.0. The van der Waals surface area contributed by atoms with Gasteiger partial charge in [0.2, 0.25) is 0 Å². The predicted molar refractivity (Wildman–Crippen MR) is 133 cm³/mol. The lowest BCUT2D eigenvalue weighted by Gasteiger charge is -2.22. The summed E-state index contributed by atoms with van der Waals surface area (Å²) < 4.78 is 11.2. The standard InChI is InChI=1S/C27H28N4O4/c1-18-23(27(33)31(30-18)22-11-8-19(16-28)9-12-22)14-20-10-13-24(25(15-20)34-2)35-17-26(32)29-21-6-4-3-5-7-21/h8-15,21H,3-7,17H2,1-2H3,(H,29,32). The molecule has 1 aliphatic carbocycles. The lowest BCUT2D eigenvalue weighted by molar-refractivity contribution is -0.124. The van der Waals surface area contributed by atoms with Crippen LogP contribution < -0.4 is 19.8 Å². The van der Waals surface area contributed by atoms with Gasteiger partial charge in [0, 0.05) is 6.04 Å². The molecule has 2 aliphatic rings. The van der Waals surface area contributed by atoms with Crippen molar-refractivity contribution in [2.24, 2.45) is 5.10 Å². The van der Waals surface area contributed by atoms with Crippen molar-refractivity contribution < 1.29 is 19.1 Å². The van der Waals surface area contributed by atoms with Gasteiger partial charge in [0.15, 0.2) is 18.1 Å². The number of amides is 2. The summed E-state index contributed by atoms with van der Waals surface area (Å²) in [7, 11) is 1.53. The fourth-order valence-electron chi connectivity index (χ4n) is 4.26. The van der Waals surface area contributed by atoms with Crippen molar-refractivity contribution in [2.45, 2.75) is 45.1 Å². The fourth-order valence-corrected chi connectivity index (χ4v) is 4.26. The second kappa shape index (κ2) is 10.9. The summed E-state index contributed by atoms with van der Waals surface area (Å²) in [5, 5.41) is 17.7. The van der Waals surface area contributed by atoms with E-state index in [0.29, 0.717) is 34.0 Å². The summed E-state index contributed by atoms with van der Waals surface area (Å²) in [6.07, 6.45) is 7.30. The average Bonchev–Trinajstić information content (AvgIpc) is 3.16. The number of ether oxygens (including phenoxy) is 2. The van der Waals surface area contributed by atoms with Crippen molar-refractivity contribution in [3.63, 3.8) is 0 Å². The first kappa shape index (κ1) is 24.0. The number of methoxy groups -OCH3 is 1. The number of benzene rings is 2. The van der Waals surface area contributed by atoms with Crippen molar-refractivity contribution >= 4 is 29.3 Å². The number of anilines is 1.